The maximum Gasteiger partial charge on any atom is -0.00143 e. The molecule has 0 saturated heterocycles. The minimum Gasteiger partial charge on any atom is -0.316 e. The van der Waals surface area contributed by atoms with E-state index in [1.807, 2.05) is 0 Å². The zero-order valence-corrected chi connectivity index (χ0v) is 15.0. The highest BCUT2D eigenvalue weighted by Crippen LogP contribution is 2.07. The molecule has 0 amide bonds. The van der Waals surface area contributed by atoms with Gasteiger partial charge in [0.15, 0.2) is 0 Å². The Morgan fingerprint density at radius 3 is 1.71 bits per heavy atom. The van der Waals surface area contributed by atoms with Crippen molar-refractivity contribution in [3.63, 3.8) is 0 Å². The standard InChI is InChI=1S/C20H41N/c1-3-5-7-9-11-13-15-17-19-21-20-18-16-14-12-10-8-6-4-2/h13,15,21H,3-12,14,16-20H2,1-2H3/b15-13+. The van der Waals surface area contributed by atoms with Crippen molar-refractivity contribution in [1.82, 2.24) is 5.32 Å². The fourth-order valence-corrected chi connectivity index (χ4v) is 2.62. The van der Waals surface area contributed by atoms with Gasteiger partial charge in [0.2, 0.25) is 0 Å². The summed E-state index contributed by atoms with van der Waals surface area (Å²) in [6.45, 7) is 6.92. The summed E-state index contributed by atoms with van der Waals surface area (Å²) in [6, 6.07) is 0. The molecule has 0 rings (SSSR count). The van der Waals surface area contributed by atoms with Crippen molar-refractivity contribution in [3.05, 3.63) is 12.2 Å². The van der Waals surface area contributed by atoms with Crippen LogP contribution in [0.4, 0.5) is 0 Å². The molecule has 0 radical (unpaired) electrons. The highest BCUT2D eigenvalue weighted by Gasteiger charge is 1.91. The van der Waals surface area contributed by atoms with Gasteiger partial charge in [-0.2, -0.15) is 0 Å². The molecular formula is C20H41N. The van der Waals surface area contributed by atoms with Gasteiger partial charge in [-0.15, -0.1) is 0 Å². The maximum atomic E-state index is 3.56. The quantitative estimate of drug-likeness (QED) is 0.234. The SMILES string of the molecule is CCCCCC/C=C/CCNCCCCCCCCCC. The number of nitrogens with one attached hydrogen (secondary N) is 1. The minimum absolute atomic E-state index is 1.15. The summed E-state index contributed by atoms with van der Waals surface area (Å²) in [4.78, 5) is 0. The molecule has 0 bridgehead atoms. The summed E-state index contributed by atoms with van der Waals surface area (Å²) in [7, 11) is 0. The van der Waals surface area contributed by atoms with Crippen LogP contribution in [-0.4, -0.2) is 13.1 Å². The van der Waals surface area contributed by atoms with E-state index in [-0.39, 0.29) is 0 Å². The van der Waals surface area contributed by atoms with Gasteiger partial charge in [-0.1, -0.05) is 90.2 Å². The van der Waals surface area contributed by atoms with Crippen LogP contribution < -0.4 is 5.32 Å². The Hall–Kier alpha value is -0.300. The molecule has 0 aromatic rings. The molecule has 0 saturated carbocycles. The third-order valence-electron chi connectivity index (χ3n) is 4.09. The first-order chi connectivity index (χ1) is 10.4. The lowest BCUT2D eigenvalue weighted by Crippen LogP contribution is -2.15. The average Bonchev–Trinajstić information content (AvgIpc) is 2.50. The van der Waals surface area contributed by atoms with Crippen LogP contribution in [-0.2, 0) is 0 Å². The molecule has 0 aliphatic rings. The molecule has 21 heavy (non-hydrogen) atoms. The second kappa shape index (κ2) is 19.7. The Bertz CT molecular complexity index is 198. The van der Waals surface area contributed by atoms with E-state index in [1.165, 1.54) is 96.4 Å². The third-order valence-corrected chi connectivity index (χ3v) is 4.09. The Morgan fingerprint density at radius 2 is 1.05 bits per heavy atom. The molecule has 0 unspecified atom stereocenters. The lowest BCUT2D eigenvalue weighted by Gasteiger charge is -2.03. The first-order valence-corrected chi connectivity index (χ1v) is 9.77. The van der Waals surface area contributed by atoms with E-state index in [2.05, 4.69) is 31.3 Å². The Morgan fingerprint density at radius 1 is 0.524 bits per heavy atom. The molecule has 0 fully saturated rings. The maximum absolute atomic E-state index is 3.56. The van der Waals surface area contributed by atoms with Gasteiger partial charge in [0.05, 0.1) is 0 Å². The van der Waals surface area contributed by atoms with Gasteiger partial charge in [0.25, 0.3) is 0 Å². The summed E-state index contributed by atoms with van der Waals surface area (Å²) >= 11 is 0. The van der Waals surface area contributed by atoms with Crippen LogP contribution in [0.25, 0.3) is 0 Å². The van der Waals surface area contributed by atoms with Gasteiger partial charge in [0.1, 0.15) is 0 Å². The molecule has 0 aliphatic heterocycles. The summed E-state index contributed by atoms with van der Waals surface area (Å²) in [5.41, 5.74) is 0. The van der Waals surface area contributed by atoms with Gasteiger partial charge in [-0.05, 0) is 38.8 Å². The normalized spacial score (nSPS) is 11.5. The van der Waals surface area contributed by atoms with Crippen LogP contribution in [0.5, 0.6) is 0 Å². The Balaban J connectivity index is 3.00. The molecule has 1 N–H and O–H groups in total. The van der Waals surface area contributed by atoms with Crippen LogP contribution in [0, 0.1) is 0 Å². The molecule has 0 aromatic carbocycles. The number of hydrogen-bond acceptors (Lipinski definition) is 1. The third kappa shape index (κ3) is 19.7. The molecule has 1 nitrogen and oxygen atoms in total. The largest absolute Gasteiger partial charge is 0.316 e. The van der Waals surface area contributed by atoms with Crippen LogP contribution in [0.2, 0.25) is 0 Å². The van der Waals surface area contributed by atoms with E-state index >= 15 is 0 Å². The van der Waals surface area contributed by atoms with E-state index in [9.17, 15) is 0 Å². The topological polar surface area (TPSA) is 12.0 Å². The Kier molecular flexibility index (Phi) is 19.4. The van der Waals surface area contributed by atoms with Crippen molar-refractivity contribution in [1.29, 1.82) is 0 Å². The number of allylic oxidation sites excluding steroid dienone is 1. The predicted octanol–water partition coefficient (Wildman–Crippen LogP) is 6.63. The lowest BCUT2D eigenvalue weighted by molar-refractivity contribution is 0.556. The molecule has 0 aromatic heterocycles. The van der Waals surface area contributed by atoms with Gasteiger partial charge in [-0.3, -0.25) is 0 Å². The van der Waals surface area contributed by atoms with Crippen LogP contribution in [0.3, 0.4) is 0 Å². The van der Waals surface area contributed by atoms with Crippen molar-refractivity contribution in [2.75, 3.05) is 13.1 Å². The smallest absolute Gasteiger partial charge is 0.00143 e. The van der Waals surface area contributed by atoms with E-state index < -0.39 is 0 Å². The van der Waals surface area contributed by atoms with E-state index in [4.69, 9.17) is 0 Å². The first kappa shape index (κ1) is 20.7. The lowest BCUT2D eigenvalue weighted by atomic mass is 10.1. The second-order valence-corrected chi connectivity index (χ2v) is 6.33. The zero-order chi connectivity index (χ0) is 15.4. The monoisotopic (exact) mass is 295 g/mol. The second-order valence-electron chi connectivity index (χ2n) is 6.33. The molecule has 0 spiro atoms. The molecular weight excluding hydrogens is 254 g/mol. The number of hydrogen-bond donors (Lipinski definition) is 1. The van der Waals surface area contributed by atoms with Crippen molar-refractivity contribution in [2.24, 2.45) is 0 Å². The van der Waals surface area contributed by atoms with E-state index in [0.717, 1.165) is 6.54 Å². The molecule has 0 aliphatic carbocycles. The van der Waals surface area contributed by atoms with Crippen LogP contribution in [0.15, 0.2) is 12.2 Å². The highest BCUT2D eigenvalue weighted by atomic mass is 14.8. The molecule has 126 valence electrons. The first-order valence-electron chi connectivity index (χ1n) is 9.77. The molecule has 0 atom stereocenters. The van der Waals surface area contributed by atoms with E-state index in [0.29, 0.717) is 0 Å². The fourth-order valence-electron chi connectivity index (χ4n) is 2.62. The van der Waals surface area contributed by atoms with Crippen molar-refractivity contribution < 1.29 is 0 Å². The number of rotatable bonds is 17. The summed E-state index contributed by atoms with van der Waals surface area (Å²) in [6.07, 6.45) is 24.0. The van der Waals surface area contributed by atoms with Crippen molar-refractivity contribution >= 4 is 0 Å². The van der Waals surface area contributed by atoms with Gasteiger partial charge >= 0.3 is 0 Å². The van der Waals surface area contributed by atoms with Gasteiger partial charge < -0.3 is 5.32 Å². The molecule has 0 heterocycles. The Labute approximate surface area is 135 Å². The van der Waals surface area contributed by atoms with E-state index in [1.54, 1.807) is 0 Å². The average molecular weight is 296 g/mol. The fraction of sp³-hybridized carbons (Fsp3) is 0.900. The van der Waals surface area contributed by atoms with Crippen molar-refractivity contribution in [2.45, 2.75) is 104 Å². The zero-order valence-electron chi connectivity index (χ0n) is 15.0. The van der Waals surface area contributed by atoms with Crippen LogP contribution >= 0.6 is 0 Å². The number of unbranched alkanes of at least 4 members (excludes halogenated alkanes) is 11. The summed E-state index contributed by atoms with van der Waals surface area (Å²) in [5.74, 6) is 0. The van der Waals surface area contributed by atoms with Gasteiger partial charge in [-0.25, -0.2) is 0 Å². The predicted molar refractivity (Wildman–Crippen MR) is 98.0 cm³/mol. The van der Waals surface area contributed by atoms with Crippen molar-refractivity contribution in [3.8, 4) is 0 Å². The van der Waals surface area contributed by atoms with Gasteiger partial charge in [0, 0.05) is 0 Å². The summed E-state index contributed by atoms with van der Waals surface area (Å²) in [5, 5.41) is 3.56. The summed E-state index contributed by atoms with van der Waals surface area (Å²) < 4.78 is 0. The molecule has 1 heteroatoms. The van der Waals surface area contributed by atoms with Crippen LogP contribution in [0.1, 0.15) is 104 Å². The minimum atomic E-state index is 1.15. The highest BCUT2D eigenvalue weighted by molar-refractivity contribution is 4.82.